The van der Waals surface area contributed by atoms with E-state index in [9.17, 15) is 4.79 Å². The van der Waals surface area contributed by atoms with E-state index in [2.05, 4.69) is 10.6 Å². The number of amides is 2. The Morgan fingerprint density at radius 1 is 0.964 bits per heavy atom. The van der Waals surface area contributed by atoms with Gasteiger partial charge in [0.1, 0.15) is 17.2 Å². The Morgan fingerprint density at radius 2 is 1.64 bits per heavy atom. The van der Waals surface area contributed by atoms with E-state index in [4.69, 9.17) is 14.2 Å². The molecule has 6 heteroatoms. The minimum atomic E-state index is -0.225. The Balaban J connectivity index is 1.84. The van der Waals surface area contributed by atoms with Crippen molar-refractivity contribution < 1.29 is 19.0 Å². The summed E-state index contributed by atoms with van der Waals surface area (Å²) in [5.74, 6) is 2.28. The van der Waals surface area contributed by atoms with Crippen molar-refractivity contribution in [2.75, 3.05) is 20.8 Å². The molecule has 1 atom stereocenters. The van der Waals surface area contributed by atoms with Gasteiger partial charge in [-0.15, -0.1) is 0 Å². The standard InChI is InChI=1S/C22H30N2O4/c1-15(2)28-18-8-6-17(7-9-18)12-13-23-22(25)24-16(3)20-14-19(26-4)10-11-21(20)27-5/h6-11,14-16H,12-13H2,1-5H3,(H2,23,24,25). The van der Waals surface area contributed by atoms with E-state index in [1.165, 1.54) is 0 Å². The van der Waals surface area contributed by atoms with Gasteiger partial charge >= 0.3 is 6.03 Å². The minimum absolute atomic E-state index is 0.154. The first kappa shape index (κ1) is 21.4. The lowest BCUT2D eigenvalue weighted by atomic mass is 10.1. The predicted octanol–water partition coefficient (Wildman–Crippen LogP) is 4.09. The van der Waals surface area contributed by atoms with E-state index in [1.54, 1.807) is 14.2 Å². The fraction of sp³-hybridized carbons (Fsp3) is 0.409. The molecule has 0 spiro atoms. The molecule has 0 fully saturated rings. The molecule has 0 saturated carbocycles. The number of benzene rings is 2. The molecule has 1 unspecified atom stereocenters. The largest absolute Gasteiger partial charge is 0.497 e. The summed E-state index contributed by atoms with van der Waals surface area (Å²) in [7, 11) is 3.22. The SMILES string of the molecule is COc1ccc(OC)c(C(C)NC(=O)NCCc2ccc(OC(C)C)cc2)c1. The highest BCUT2D eigenvalue weighted by Crippen LogP contribution is 2.29. The molecule has 2 aromatic rings. The van der Waals surface area contributed by atoms with Crippen LogP contribution >= 0.6 is 0 Å². The predicted molar refractivity (Wildman–Crippen MR) is 110 cm³/mol. The van der Waals surface area contributed by atoms with Crippen LogP contribution in [-0.4, -0.2) is 32.9 Å². The van der Waals surface area contributed by atoms with Crippen molar-refractivity contribution in [3.05, 3.63) is 53.6 Å². The third-order valence-electron chi connectivity index (χ3n) is 4.25. The van der Waals surface area contributed by atoms with Gasteiger partial charge < -0.3 is 24.8 Å². The van der Waals surface area contributed by atoms with Crippen LogP contribution in [0.4, 0.5) is 4.79 Å². The lowest BCUT2D eigenvalue weighted by molar-refractivity contribution is 0.237. The molecule has 2 rings (SSSR count). The van der Waals surface area contributed by atoms with Crippen LogP contribution in [0.5, 0.6) is 17.2 Å². The summed E-state index contributed by atoms with van der Waals surface area (Å²) in [5.41, 5.74) is 2.00. The Hall–Kier alpha value is -2.89. The van der Waals surface area contributed by atoms with Gasteiger partial charge in [0.05, 0.1) is 26.4 Å². The molecule has 0 aliphatic heterocycles. The second kappa shape index (κ2) is 10.4. The molecule has 0 radical (unpaired) electrons. The van der Waals surface area contributed by atoms with Gasteiger partial charge in [-0.25, -0.2) is 4.79 Å². The summed E-state index contributed by atoms with van der Waals surface area (Å²) >= 11 is 0. The van der Waals surface area contributed by atoms with Crippen LogP contribution < -0.4 is 24.8 Å². The molecule has 152 valence electrons. The fourth-order valence-corrected chi connectivity index (χ4v) is 2.83. The molecule has 0 saturated heterocycles. The Morgan fingerprint density at radius 3 is 2.25 bits per heavy atom. The first-order valence-corrected chi connectivity index (χ1v) is 9.44. The molecule has 0 heterocycles. The van der Waals surface area contributed by atoms with Crippen LogP contribution in [0, 0.1) is 0 Å². The van der Waals surface area contributed by atoms with Gasteiger partial charge in [-0.1, -0.05) is 12.1 Å². The number of ether oxygens (including phenoxy) is 3. The fourth-order valence-electron chi connectivity index (χ4n) is 2.83. The number of nitrogens with one attached hydrogen (secondary N) is 2. The topological polar surface area (TPSA) is 68.8 Å². The van der Waals surface area contributed by atoms with Gasteiger partial charge in [0.2, 0.25) is 0 Å². The van der Waals surface area contributed by atoms with E-state index >= 15 is 0 Å². The highest BCUT2D eigenvalue weighted by atomic mass is 16.5. The summed E-state index contributed by atoms with van der Waals surface area (Å²) in [6.45, 7) is 6.44. The molecule has 2 aromatic carbocycles. The van der Waals surface area contributed by atoms with Crippen LogP contribution in [-0.2, 0) is 6.42 Å². The van der Waals surface area contributed by atoms with E-state index < -0.39 is 0 Å². The monoisotopic (exact) mass is 386 g/mol. The van der Waals surface area contributed by atoms with Crippen molar-refractivity contribution in [1.29, 1.82) is 0 Å². The van der Waals surface area contributed by atoms with E-state index in [0.717, 1.165) is 29.0 Å². The number of methoxy groups -OCH3 is 2. The maximum absolute atomic E-state index is 12.2. The van der Waals surface area contributed by atoms with Gasteiger partial charge in [-0.3, -0.25) is 0 Å². The molecule has 6 nitrogen and oxygen atoms in total. The zero-order valence-corrected chi connectivity index (χ0v) is 17.2. The van der Waals surface area contributed by atoms with Crippen LogP contribution in [0.1, 0.15) is 37.9 Å². The zero-order valence-electron chi connectivity index (χ0n) is 17.2. The Bertz CT molecular complexity index is 760. The summed E-state index contributed by atoms with van der Waals surface area (Å²) in [6.07, 6.45) is 0.896. The van der Waals surface area contributed by atoms with E-state index in [-0.39, 0.29) is 18.2 Å². The van der Waals surface area contributed by atoms with Gasteiger partial charge in [-0.05, 0) is 63.1 Å². The van der Waals surface area contributed by atoms with Crippen molar-refractivity contribution in [3.63, 3.8) is 0 Å². The molecule has 0 aliphatic rings. The van der Waals surface area contributed by atoms with Crippen LogP contribution in [0.3, 0.4) is 0 Å². The average molecular weight is 386 g/mol. The van der Waals surface area contributed by atoms with Crippen LogP contribution in [0.2, 0.25) is 0 Å². The zero-order chi connectivity index (χ0) is 20.5. The number of urea groups is 1. The first-order valence-electron chi connectivity index (χ1n) is 9.44. The van der Waals surface area contributed by atoms with Crippen molar-refractivity contribution in [3.8, 4) is 17.2 Å². The van der Waals surface area contributed by atoms with Crippen LogP contribution in [0.15, 0.2) is 42.5 Å². The quantitative estimate of drug-likeness (QED) is 0.681. The molecular formula is C22H30N2O4. The maximum atomic E-state index is 12.2. The van der Waals surface area contributed by atoms with Gasteiger partial charge in [0, 0.05) is 12.1 Å². The van der Waals surface area contributed by atoms with Gasteiger partial charge in [0.15, 0.2) is 0 Å². The summed E-state index contributed by atoms with van der Waals surface area (Å²) in [6, 6.07) is 13.0. The smallest absolute Gasteiger partial charge is 0.315 e. The number of carbonyl (C=O) groups excluding carboxylic acids is 1. The molecular weight excluding hydrogens is 356 g/mol. The van der Waals surface area contributed by atoms with E-state index in [0.29, 0.717) is 12.3 Å². The number of carbonyl (C=O) groups is 1. The first-order chi connectivity index (χ1) is 13.4. The highest BCUT2D eigenvalue weighted by molar-refractivity contribution is 5.74. The van der Waals surface area contributed by atoms with Crippen molar-refractivity contribution in [1.82, 2.24) is 10.6 Å². The van der Waals surface area contributed by atoms with E-state index in [1.807, 2.05) is 63.2 Å². The third-order valence-corrected chi connectivity index (χ3v) is 4.25. The third kappa shape index (κ3) is 6.37. The van der Waals surface area contributed by atoms with Crippen LogP contribution in [0.25, 0.3) is 0 Å². The van der Waals surface area contributed by atoms with Crippen molar-refractivity contribution in [2.45, 2.75) is 39.3 Å². The van der Waals surface area contributed by atoms with Crippen molar-refractivity contribution in [2.24, 2.45) is 0 Å². The molecule has 28 heavy (non-hydrogen) atoms. The second-order valence-corrected chi connectivity index (χ2v) is 6.79. The van der Waals surface area contributed by atoms with Gasteiger partial charge in [-0.2, -0.15) is 0 Å². The number of hydrogen-bond acceptors (Lipinski definition) is 4. The maximum Gasteiger partial charge on any atom is 0.315 e. The molecule has 0 bridgehead atoms. The molecule has 2 amide bonds. The molecule has 0 aromatic heterocycles. The minimum Gasteiger partial charge on any atom is -0.497 e. The lowest BCUT2D eigenvalue weighted by Crippen LogP contribution is -2.38. The van der Waals surface area contributed by atoms with Gasteiger partial charge in [0.25, 0.3) is 0 Å². The Kier molecular flexibility index (Phi) is 7.99. The molecule has 2 N–H and O–H groups in total. The normalized spacial score (nSPS) is 11.6. The number of hydrogen-bond donors (Lipinski definition) is 2. The second-order valence-electron chi connectivity index (χ2n) is 6.79. The van der Waals surface area contributed by atoms with Crippen molar-refractivity contribution >= 4 is 6.03 Å². The Labute approximate surface area is 167 Å². The average Bonchev–Trinajstić information content (AvgIpc) is 2.68. The summed E-state index contributed by atoms with van der Waals surface area (Å²) < 4.78 is 16.3. The number of rotatable bonds is 9. The summed E-state index contributed by atoms with van der Waals surface area (Å²) in [4.78, 5) is 12.2. The molecule has 0 aliphatic carbocycles. The summed E-state index contributed by atoms with van der Waals surface area (Å²) in [5, 5.41) is 5.82. The lowest BCUT2D eigenvalue weighted by Gasteiger charge is -2.18. The highest BCUT2D eigenvalue weighted by Gasteiger charge is 2.15.